The summed E-state index contributed by atoms with van der Waals surface area (Å²) in [5, 5.41) is 5.04. The summed E-state index contributed by atoms with van der Waals surface area (Å²) in [6, 6.07) is 5.64. The highest BCUT2D eigenvalue weighted by atomic mass is 19.1. The van der Waals surface area contributed by atoms with Gasteiger partial charge in [-0.25, -0.2) is 18.6 Å². The van der Waals surface area contributed by atoms with Gasteiger partial charge in [0.05, 0.1) is 6.04 Å². The summed E-state index contributed by atoms with van der Waals surface area (Å²) in [5.41, 5.74) is -0.885. The molecule has 0 saturated heterocycles. The first-order valence-corrected chi connectivity index (χ1v) is 11.0. The van der Waals surface area contributed by atoms with Crippen molar-refractivity contribution in [2.24, 2.45) is 0 Å². The third-order valence-electron chi connectivity index (χ3n) is 4.51. The number of carbonyl (C=O) groups excluding carboxylic acids is 3. The number of nitrogens with zero attached hydrogens (tertiary/aromatic N) is 1. The van der Waals surface area contributed by atoms with E-state index in [0.717, 1.165) is 24.3 Å². The molecule has 1 aromatic heterocycles. The number of halogens is 3. The summed E-state index contributed by atoms with van der Waals surface area (Å²) in [4.78, 5) is 40.4. The van der Waals surface area contributed by atoms with E-state index < -0.39 is 59.4 Å². The Labute approximate surface area is 201 Å². The minimum absolute atomic E-state index is 0.124. The van der Waals surface area contributed by atoms with Gasteiger partial charge in [0.1, 0.15) is 17.9 Å². The lowest BCUT2D eigenvalue weighted by molar-refractivity contribution is -0.123. The molecule has 1 atom stereocenters. The highest BCUT2D eigenvalue weighted by Gasteiger charge is 2.24. The van der Waals surface area contributed by atoms with E-state index in [1.54, 1.807) is 20.8 Å². The van der Waals surface area contributed by atoms with Gasteiger partial charge in [0.15, 0.2) is 23.2 Å². The molecule has 35 heavy (non-hydrogen) atoms. The number of alkyl carbamates (subject to hydrolysis) is 1. The Morgan fingerprint density at radius 3 is 2.29 bits per heavy atom. The molecule has 2 aromatic rings. The van der Waals surface area contributed by atoms with Crippen LogP contribution in [0, 0.1) is 17.6 Å². The van der Waals surface area contributed by atoms with E-state index in [4.69, 9.17) is 9.47 Å². The van der Waals surface area contributed by atoms with Crippen LogP contribution >= 0.6 is 0 Å². The molecule has 0 aliphatic rings. The van der Waals surface area contributed by atoms with Crippen LogP contribution in [0.4, 0.5) is 18.0 Å². The van der Waals surface area contributed by atoms with Crippen LogP contribution in [0.1, 0.15) is 50.5 Å². The quantitative estimate of drug-likeness (QED) is 0.361. The number of para-hydroxylation sites is 1. The average Bonchev–Trinajstić information content (AvgIpc) is 2.76. The second kappa shape index (κ2) is 12.7. The molecule has 0 aliphatic carbocycles. The van der Waals surface area contributed by atoms with Gasteiger partial charge in [0.25, 0.3) is 5.91 Å². The zero-order valence-corrected chi connectivity index (χ0v) is 19.7. The molecule has 0 radical (unpaired) electrons. The van der Waals surface area contributed by atoms with Gasteiger partial charge < -0.3 is 20.1 Å². The highest BCUT2D eigenvalue weighted by molar-refractivity contribution is 5.96. The van der Waals surface area contributed by atoms with Gasteiger partial charge in [-0.05, 0) is 64.3 Å². The first-order valence-electron chi connectivity index (χ1n) is 11.0. The number of aromatic nitrogens is 1. The van der Waals surface area contributed by atoms with Crippen molar-refractivity contribution in [3.8, 4) is 5.75 Å². The fourth-order valence-electron chi connectivity index (χ4n) is 2.92. The van der Waals surface area contributed by atoms with E-state index in [1.807, 2.05) is 0 Å². The lowest BCUT2D eigenvalue weighted by Gasteiger charge is -2.20. The number of unbranched alkanes of at least 4 members (excludes halogenated alkanes) is 1. The average molecular weight is 495 g/mol. The van der Waals surface area contributed by atoms with Crippen LogP contribution in [0.25, 0.3) is 0 Å². The zero-order chi connectivity index (χ0) is 26.0. The zero-order valence-electron chi connectivity index (χ0n) is 19.7. The maximum Gasteiger partial charge on any atom is 0.407 e. The lowest BCUT2D eigenvalue weighted by atomic mass is 10.0. The summed E-state index contributed by atoms with van der Waals surface area (Å²) in [7, 11) is 0. The van der Waals surface area contributed by atoms with Crippen molar-refractivity contribution in [3.05, 3.63) is 59.7 Å². The van der Waals surface area contributed by atoms with Gasteiger partial charge in [0, 0.05) is 6.54 Å². The van der Waals surface area contributed by atoms with Crippen molar-refractivity contribution in [2.75, 3.05) is 13.2 Å². The molecule has 0 fully saturated rings. The highest BCUT2D eigenvalue weighted by Crippen LogP contribution is 2.21. The van der Waals surface area contributed by atoms with Crippen LogP contribution in [-0.4, -0.2) is 47.6 Å². The largest absolute Gasteiger partial charge is 0.480 e. The fourth-order valence-corrected chi connectivity index (χ4v) is 2.92. The number of Topliss-reactive ketones (excluding diaryl/α,β-unsaturated/α-hetero) is 1. The normalized spacial score (nSPS) is 11.9. The van der Waals surface area contributed by atoms with Gasteiger partial charge in [-0.3, -0.25) is 9.59 Å². The molecule has 8 nitrogen and oxygen atoms in total. The topological polar surface area (TPSA) is 107 Å². The Balaban J connectivity index is 1.98. The fraction of sp³-hybridized carbons (Fsp3) is 0.417. The van der Waals surface area contributed by atoms with Crippen LogP contribution in [0.3, 0.4) is 0 Å². The molecule has 11 heteroatoms. The predicted molar refractivity (Wildman–Crippen MR) is 120 cm³/mol. The number of hydrogen-bond donors (Lipinski definition) is 2. The number of ketones is 1. The molecule has 2 N–H and O–H groups in total. The van der Waals surface area contributed by atoms with Gasteiger partial charge >= 0.3 is 6.09 Å². The van der Waals surface area contributed by atoms with E-state index in [9.17, 15) is 27.6 Å². The third kappa shape index (κ3) is 9.63. The minimum atomic E-state index is -1.11. The van der Waals surface area contributed by atoms with Crippen molar-refractivity contribution in [1.82, 2.24) is 15.6 Å². The summed E-state index contributed by atoms with van der Waals surface area (Å²) in [6.07, 6.45) is 0.367. The van der Waals surface area contributed by atoms with Gasteiger partial charge in [-0.2, -0.15) is 4.39 Å². The molecular formula is C24H28F3N3O5. The van der Waals surface area contributed by atoms with Crippen molar-refractivity contribution < 1.29 is 37.0 Å². The van der Waals surface area contributed by atoms with Crippen LogP contribution in [0.5, 0.6) is 5.75 Å². The van der Waals surface area contributed by atoms with E-state index in [0.29, 0.717) is 12.8 Å². The number of pyridine rings is 1. The second-order valence-electron chi connectivity index (χ2n) is 8.60. The molecule has 0 spiro atoms. The number of amides is 2. The molecule has 190 valence electrons. The Morgan fingerprint density at radius 1 is 1.00 bits per heavy atom. The Kier molecular flexibility index (Phi) is 10.0. The standard InChI is InChI=1S/C24H28F3N3O5/c1-24(2,3)35-23(33)28-13-5-4-10-17(30-22(32)18-11-7-12-20(27)29-18)19(31)14-34-21-15(25)8-6-9-16(21)26/h6-9,11-12,17H,4-5,10,13-14H2,1-3H3,(H,28,33)(H,30,32)/t17-/m0/s1. The van der Waals surface area contributed by atoms with Crippen molar-refractivity contribution in [2.45, 2.75) is 51.7 Å². The molecule has 0 saturated carbocycles. The number of benzene rings is 1. The molecule has 2 rings (SSSR count). The van der Waals surface area contributed by atoms with E-state index in [1.165, 1.54) is 12.1 Å². The van der Waals surface area contributed by atoms with Crippen LogP contribution in [-0.2, 0) is 9.53 Å². The maximum atomic E-state index is 13.8. The van der Waals surface area contributed by atoms with Gasteiger partial charge in [0.2, 0.25) is 5.95 Å². The molecular weight excluding hydrogens is 467 g/mol. The third-order valence-corrected chi connectivity index (χ3v) is 4.51. The Morgan fingerprint density at radius 2 is 1.66 bits per heavy atom. The summed E-state index contributed by atoms with van der Waals surface area (Å²) < 4.78 is 51.1. The number of ether oxygens (including phenoxy) is 2. The molecule has 0 bridgehead atoms. The SMILES string of the molecule is CC(C)(C)OC(=O)NCCCC[C@H](NC(=O)c1cccc(F)n1)C(=O)COc1c(F)cccc1F. The number of nitrogens with one attached hydrogen (secondary N) is 2. The van der Waals surface area contributed by atoms with Crippen LogP contribution in [0.15, 0.2) is 36.4 Å². The predicted octanol–water partition coefficient (Wildman–Crippen LogP) is 3.94. The smallest absolute Gasteiger partial charge is 0.407 e. The first kappa shape index (κ1) is 27.6. The monoisotopic (exact) mass is 495 g/mol. The molecule has 1 aromatic carbocycles. The summed E-state index contributed by atoms with van der Waals surface area (Å²) >= 11 is 0. The minimum Gasteiger partial charge on any atom is -0.480 e. The first-order chi connectivity index (χ1) is 16.5. The molecule has 2 amide bonds. The van der Waals surface area contributed by atoms with Crippen molar-refractivity contribution >= 4 is 17.8 Å². The molecule has 0 unspecified atom stereocenters. The van der Waals surface area contributed by atoms with E-state index in [2.05, 4.69) is 15.6 Å². The van der Waals surface area contributed by atoms with Crippen molar-refractivity contribution in [3.63, 3.8) is 0 Å². The van der Waals surface area contributed by atoms with E-state index in [-0.39, 0.29) is 18.7 Å². The van der Waals surface area contributed by atoms with Gasteiger partial charge in [-0.1, -0.05) is 12.1 Å². The number of carbonyl (C=O) groups is 3. The summed E-state index contributed by atoms with van der Waals surface area (Å²) in [6.45, 7) is 4.73. The number of hydrogen-bond acceptors (Lipinski definition) is 6. The second-order valence-corrected chi connectivity index (χ2v) is 8.60. The van der Waals surface area contributed by atoms with Gasteiger partial charge in [-0.15, -0.1) is 0 Å². The van der Waals surface area contributed by atoms with Crippen molar-refractivity contribution in [1.29, 1.82) is 0 Å². The molecule has 0 aliphatic heterocycles. The van der Waals surface area contributed by atoms with Crippen LogP contribution < -0.4 is 15.4 Å². The Bertz CT molecular complexity index is 1020. The summed E-state index contributed by atoms with van der Waals surface area (Å²) in [5.74, 6) is -4.98. The molecule has 1 heterocycles. The lowest BCUT2D eigenvalue weighted by Crippen LogP contribution is -2.43. The van der Waals surface area contributed by atoms with E-state index >= 15 is 0 Å². The Hall–Kier alpha value is -3.63. The van der Waals surface area contributed by atoms with Crippen LogP contribution in [0.2, 0.25) is 0 Å². The number of rotatable bonds is 11. The maximum absolute atomic E-state index is 13.8.